The van der Waals surface area contributed by atoms with Gasteiger partial charge in [0.2, 0.25) is 16.6 Å². The molecule has 1 fully saturated rings. The molecule has 1 saturated heterocycles. The van der Waals surface area contributed by atoms with Crippen LogP contribution in [0.15, 0.2) is 18.2 Å². The average molecular weight is 381 g/mol. The van der Waals surface area contributed by atoms with Crippen molar-refractivity contribution in [2.45, 2.75) is 83.9 Å². The molecule has 0 aliphatic carbocycles. The highest BCUT2D eigenvalue weighted by atomic mass is 28.4. The fourth-order valence-corrected chi connectivity index (χ4v) is 4.06. The van der Waals surface area contributed by atoms with Gasteiger partial charge in [-0.1, -0.05) is 41.5 Å². The van der Waals surface area contributed by atoms with Crippen molar-refractivity contribution >= 4 is 16.6 Å². The lowest BCUT2D eigenvalue weighted by Gasteiger charge is -2.38. The normalized spacial score (nSPS) is 18.9. The Kier molecular flexibility index (Phi) is 5.28. The van der Waals surface area contributed by atoms with E-state index in [1.807, 2.05) is 0 Å². The van der Waals surface area contributed by atoms with Crippen LogP contribution in [-0.2, 0) is 4.74 Å². The summed E-state index contributed by atoms with van der Waals surface area (Å²) in [6.07, 6.45) is 0.199. The first-order valence-electron chi connectivity index (χ1n) is 9.27. The summed E-state index contributed by atoms with van der Waals surface area (Å²) in [7, 11) is -3.77. The van der Waals surface area contributed by atoms with Gasteiger partial charge in [0.1, 0.15) is 17.6 Å². The zero-order chi connectivity index (χ0) is 19.3. The lowest BCUT2D eigenvalue weighted by Crippen LogP contribution is -2.44. The number of rotatable bonds is 5. The number of hydrogen-bond donors (Lipinski definition) is 0. The zero-order valence-corrected chi connectivity index (χ0v) is 19.7. The monoisotopic (exact) mass is 380 g/mol. The molecule has 0 saturated carbocycles. The molecule has 25 heavy (non-hydrogen) atoms. The largest absolute Gasteiger partial charge is 0.543 e. The second-order valence-electron chi connectivity index (χ2n) is 10.3. The molecule has 3 nitrogen and oxygen atoms in total. The Morgan fingerprint density at radius 3 is 1.44 bits per heavy atom. The second kappa shape index (κ2) is 6.43. The third kappa shape index (κ3) is 4.89. The number of benzene rings is 1. The molecule has 142 valence electrons. The smallest absolute Gasteiger partial charge is 0.250 e. The van der Waals surface area contributed by atoms with Crippen molar-refractivity contribution in [3.63, 3.8) is 0 Å². The Morgan fingerprint density at radius 2 is 1.16 bits per heavy atom. The molecular weight excluding hydrogens is 344 g/mol. The van der Waals surface area contributed by atoms with Crippen LogP contribution >= 0.6 is 0 Å². The van der Waals surface area contributed by atoms with Crippen molar-refractivity contribution in [2.75, 3.05) is 6.61 Å². The predicted octanol–water partition coefficient (Wildman–Crippen LogP) is 6.53. The summed E-state index contributed by atoms with van der Waals surface area (Å²) in [4.78, 5) is 0. The molecule has 0 radical (unpaired) electrons. The van der Waals surface area contributed by atoms with E-state index in [2.05, 4.69) is 85.9 Å². The first-order chi connectivity index (χ1) is 11.1. The van der Waals surface area contributed by atoms with Gasteiger partial charge < -0.3 is 13.6 Å². The van der Waals surface area contributed by atoms with E-state index in [0.717, 1.165) is 18.1 Å². The fourth-order valence-electron chi connectivity index (χ4n) is 2.03. The molecular formula is C20H36O3Si2. The molecule has 1 aliphatic rings. The van der Waals surface area contributed by atoms with Gasteiger partial charge in [-0.05, 0) is 54.0 Å². The van der Waals surface area contributed by atoms with Gasteiger partial charge in [-0.25, -0.2) is 0 Å². The standard InChI is InChI=1S/C20H36O3Si2/c1-19(2,3)24(7,8)22-16-11-15(18-14-21-18)12-17(13-16)23-25(9,10)20(4,5)6/h11-13,18H,14H2,1-10H3. The molecule has 1 atom stereocenters. The van der Waals surface area contributed by atoms with Crippen LogP contribution in [0.5, 0.6) is 11.5 Å². The van der Waals surface area contributed by atoms with Gasteiger partial charge in [-0.2, -0.15) is 0 Å². The molecule has 0 spiro atoms. The molecule has 0 N–H and O–H groups in total. The highest BCUT2D eigenvalue weighted by Gasteiger charge is 2.41. The van der Waals surface area contributed by atoms with Crippen LogP contribution in [0.25, 0.3) is 0 Å². The predicted molar refractivity (Wildman–Crippen MR) is 111 cm³/mol. The van der Waals surface area contributed by atoms with Crippen LogP contribution in [0.2, 0.25) is 36.3 Å². The van der Waals surface area contributed by atoms with E-state index in [9.17, 15) is 0 Å². The van der Waals surface area contributed by atoms with Gasteiger partial charge in [-0.3, -0.25) is 0 Å². The van der Waals surface area contributed by atoms with Gasteiger partial charge in [0.05, 0.1) is 6.61 Å². The van der Waals surface area contributed by atoms with E-state index in [1.54, 1.807) is 0 Å². The summed E-state index contributed by atoms with van der Waals surface area (Å²) in [5.41, 5.74) is 1.17. The third-order valence-electron chi connectivity index (χ3n) is 5.97. The molecule has 5 heteroatoms. The van der Waals surface area contributed by atoms with Gasteiger partial charge in [0.15, 0.2) is 0 Å². The van der Waals surface area contributed by atoms with Crippen molar-refractivity contribution in [3.8, 4) is 11.5 Å². The summed E-state index contributed by atoms with van der Waals surface area (Å²) in [6, 6.07) is 6.35. The molecule has 1 aliphatic heterocycles. The van der Waals surface area contributed by atoms with Crippen LogP contribution in [0.3, 0.4) is 0 Å². The van der Waals surface area contributed by atoms with Crippen molar-refractivity contribution in [1.82, 2.24) is 0 Å². The molecule has 1 aromatic rings. The van der Waals surface area contributed by atoms with Gasteiger partial charge >= 0.3 is 0 Å². The molecule has 1 unspecified atom stereocenters. The zero-order valence-electron chi connectivity index (χ0n) is 17.7. The maximum atomic E-state index is 6.54. The van der Waals surface area contributed by atoms with Crippen LogP contribution in [0.4, 0.5) is 0 Å². The molecule has 1 heterocycles. The molecule has 0 bridgehead atoms. The van der Waals surface area contributed by atoms with Crippen molar-refractivity contribution in [1.29, 1.82) is 0 Å². The van der Waals surface area contributed by atoms with E-state index in [-0.39, 0.29) is 16.2 Å². The van der Waals surface area contributed by atoms with E-state index in [4.69, 9.17) is 13.6 Å². The van der Waals surface area contributed by atoms with E-state index in [1.165, 1.54) is 5.56 Å². The first-order valence-corrected chi connectivity index (χ1v) is 15.1. The highest BCUT2D eigenvalue weighted by Crippen LogP contribution is 2.42. The van der Waals surface area contributed by atoms with E-state index in [0.29, 0.717) is 0 Å². The fraction of sp³-hybridized carbons (Fsp3) is 0.700. The molecule has 2 rings (SSSR count). The summed E-state index contributed by atoms with van der Waals surface area (Å²) in [5.74, 6) is 1.85. The minimum absolute atomic E-state index is 0.166. The summed E-state index contributed by atoms with van der Waals surface area (Å²) >= 11 is 0. The maximum absolute atomic E-state index is 6.54. The van der Waals surface area contributed by atoms with Crippen LogP contribution in [0.1, 0.15) is 53.2 Å². The Morgan fingerprint density at radius 1 is 0.800 bits per heavy atom. The molecule has 0 amide bonds. The lowest BCUT2D eigenvalue weighted by molar-refractivity contribution is 0.413. The highest BCUT2D eigenvalue weighted by molar-refractivity contribution is 6.75. The quantitative estimate of drug-likeness (QED) is 0.430. The molecule has 1 aromatic carbocycles. The van der Waals surface area contributed by atoms with Gasteiger partial charge in [0, 0.05) is 6.07 Å². The molecule has 0 aromatic heterocycles. The third-order valence-corrected chi connectivity index (χ3v) is 14.7. The van der Waals surface area contributed by atoms with E-state index >= 15 is 0 Å². The minimum atomic E-state index is -1.89. The summed E-state index contributed by atoms with van der Waals surface area (Å²) in [5, 5.41) is 0.332. The topological polar surface area (TPSA) is 31.0 Å². The second-order valence-corrected chi connectivity index (χ2v) is 19.7. The number of ether oxygens (including phenoxy) is 1. The first kappa shape index (κ1) is 20.5. The number of hydrogen-bond acceptors (Lipinski definition) is 3. The SMILES string of the molecule is CC(C)(C)[Si](C)(C)Oc1cc(O[Si](C)(C)C(C)(C)C)cc(C2CO2)c1. The maximum Gasteiger partial charge on any atom is 0.250 e. The lowest BCUT2D eigenvalue weighted by atomic mass is 10.1. The van der Waals surface area contributed by atoms with Gasteiger partial charge in [0.25, 0.3) is 0 Å². The van der Waals surface area contributed by atoms with Crippen molar-refractivity contribution < 1.29 is 13.6 Å². The Labute approximate surface area is 156 Å². The van der Waals surface area contributed by atoms with Crippen LogP contribution in [0, 0.1) is 0 Å². The summed E-state index contributed by atoms with van der Waals surface area (Å²) in [6.45, 7) is 23.5. The Bertz CT molecular complexity index is 575. The number of epoxide rings is 1. The Balaban J connectivity index is 2.34. The van der Waals surface area contributed by atoms with Gasteiger partial charge in [-0.15, -0.1) is 0 Å². The van der Waals surface area contributed by atoms with Crippen molar-refractivity contribution in [3.05, 3.63) is 23.8 Å². The van der Waals surface area contributed by atoms with Crippen LogP contribution in [-0.4, -0.2) is 23.2 Å². The van der Waals surface area contributed by atoms with Crippen molar-refractivity contribution in [2.24, 2.45) is 0 Å². The minimum Gasteiger partial charge on any atom is -0.543 e. The van der Waals surface area contributed by atoms with E-state index < -0.39 is 16.6 Å². The Hall–Kier alpha value is -0.786. The summed E-state index contributed by atoms with van der Waals surface area (Å²) < 4.78 is 18.6. The average Bonchev–Trinajstić information content (AvgIpc) is 3.18. The van der Waals surface area contributed by atoms with Crippen LogP contribution < -0.4 is 8.85 Å².